The number of benzene rings is 1. The third kappa shape index (κ3) is 2.45. The van der Waals surface area contributed by atoms with E-state index < -0.39 is 5.41 Å². The van der Waals surface area contributed by atoms with Gasteiger partial charge in [-0.15, -0.1) is 0 Å². The summed E-state index contributed by atoms with van der Waals surface area (Å²) in [6, 6.07) is 3.50. The molecule has 0 aromatic heterocycles. The van der Waals surface area contributed by atoms with Crippen LogP contribution in [0.1, 0.15) is 24.8 Å². The number of nitrogens with one attached hydrogen (secondary N) is 1. The first-order chi connectivity index (χ1) is 8.88. The van der Waals surface area contributed by atoms with Gasteiger partial charge in [-0.05, 0) is 31.4 Å². The van der Waals surface area contributed by atoms with Crippen LogP contribution in [0.15, 0.2) is 12.1 Å². The third-order valence-corrected chi connectivity index (χ3v) is 4.83. The molecule has 1 aliphatic rings. The fourth-order valence-electron chi connectivity index (χ4n) is 2.12. The Morgan fingerprint density at radius 2 is 2.05 bits per heavy atom. The molecule has 0 bridgehead atoms. The van der Waals surface area contributed by atoms with Gasteiger partial charge < -0.3 is 11.1 Å². The topological polar surface area (TPSA) is 55.1 Å². The monoisotopic (exact) mass is 316 g/mol. The summed E-state index contributed by atoms with van der Waals surface area (Å²) in [6.07, 6.45) is 2.30. The summed E-state index contributed by atoms with van der Waals surface area (Å²) in [4.78, 5) is 12.6. The van der Waals surface area contributed by atoms with E-state index in [1.165, 1.54) is 0 Å². The van der Waals surface area contributed by atoms with Gasteiger partial charge in [0.25, 0.3) is 0 Å². The summed E-state index contributed by atoms with van der Waals surface area (Å²) in [5, 5.41) is 3.62. The molecule has 1 aromatic carbocycles. The van der Waals surface area contributed by atoms with Crippen LogP contribution in [0.25, 0.3) is 0 Å². The molecule has 0 radical (unpaired) electrons. The van der Waals surface area contributed by atoms with E-state index in [4.69, 9.17) is 41.2 Å². The van der Waals surface area contributed by atoms with Crippen LogP contribution in [0.3, 0.4) is 0 Å². The van der Waals surface area contributed by atoms with Crippen molar-refractivity contribution >= 4 is 52.0 Å². The minimum Gasteiger partial charge on any atom is -0.392 e. The van der Waals surface area contributed by atoms with Gasteiger partial charge in [0.15, 0.2) is 0 Å². The highest BCUT2D eigenvalue weighted by Gasteiger charge is 2.47. The Labute approximate surface area is 127 Å². The zero-order valence-corrected chi connectivity index (χ0v) is 12.8. The second-order valence-corrected chi connectivity index (χ2v) is 6.03. The molecule has 102 valence electrons. The highest BCUT2D eigenvalue weighted by molar-refractivity contribution is 7.80. The number of carbonyl (C=O) groups is 1. The minimum atomic E-state index is -0.744. The average molecular weight is 317 g/mol. The second-order valence-electron chi connectivity index (χ2n) is 4.81. The summed E-state index contributed by atoms with van der Waals surface area (Å²) in [6.45, 7) is 1.85. The Balaban J connectivity index is 2.29. The van der Waals surface area contributed by atoms with E-state index in [9.17, 15) is 4.79 Å². The van der Waals surface area contributed by atoms with Gasteiger partial charge in [0.1, 0.15) is 0 Å². The van der Waals surface area contributed by atoms with Crippen molar-refractivity contribution in [1.29, 1.82) is 0 Å². The lowest BCUT2D eigenvalue weighted by Crippen LogP contribution is -2.50. The molecule has 0 saturated heterocycles. The standard InChI is InChI=1S/C13H14Cl2N2OS/c1-7-3-4-8(14)10(9(7)15)17-12(18)13(11(16)19)5-2-6-13/h3-4H,2,5-6H2,1H3,(H2,16,19)(H,17,18). The van der Waals surface area contributed by atoms with Gasteiger partial charge in [0, 0.05) is 0 Å². The number of rotatable bonds is 3. The summed E-state index contributed by atoms with van der Waals surface area (Å²) in [5.41, 5.74) is 6.23. The van der Waals surface area contributed by atoms with Gasteiger partial charge >= 0.3 is 0 Å². The highest BCUT2D eigenvalue weighted by Crippen LogP contribution is 2.43. The van der Waals surface area contributed by atoms with Crippen LogP contribution in [0.5, 0.6) is 0 Å². The number of halogens is 2. The first-order valence-electron chi connectivity index (χ1n) is 5.94. The van der Waals surface area contributed by atoms with Crippen molar-refractivity contribution in [3.05, 3.63) is 27.7 Å². The van der Waals surface area contributed by atoms with E-state index in [0.29, 0.717) is 28.6 Å². The summed E-state index contributed by atoms with van der Waals surface area (Å²) in [5.74, 6) is -0.222. The Kier molecular flexibility index (Phi) is 4.04. The summed E-state index contributed by atoms with van der Waals surface area (Å²) < 4.78 is 0. The lowest BCUT2D eigenvalue weighted by molar-refractivity contribution is -0.125. The molecular formula is C13H14Cl2N2OS. The van der Waals surface area contributed by atoms with Crippen molar-refractivity contribution < 1.29 is 4.79 Å². The Morgan fingerprint density at radius 1 is 1.42 bits per heavy atom. The van der Waals surface area contributed by atoms with Crippen LogP contribution in [-0.2, 0) is 4.79 Å². The SMILES string of the molecule is Cc1ccc(Cl)c(NC(=O)C2(C(N)=S)CCC2)c1Cl. The maximum Gasteiger partial charge on any atom is 0.237 e. The van der Waals surface area contributed by atoms with Crippen molar-refractivity contribution in [3.8, 4) is 0 Å². The maximum atomic E-state index is 12.4. The first-order valence-corrected chi connectivity index (χ1v) is 7.11. The van der Waals surface area contributed by atoms with Gasteiger partial charge in [-0.2, -0.15) is 0 Å². The van der Waals surface area contributed by atoms with E-state index >= 15 is 0 Å². The fourth-order valence-corrected chi connectivity index (χ4v) is 2.88. The van der Waals surface area contributed by atoms with E-state index in [-0.39, 0.29) is 10.9 Å². The molecule has 0 unspecified atom stereocenters. The molecule has 1 amide bonds. The molecule has 2 rings (SSSR count). The Morgan fingerprint density at radius 3 is 2.53 bits per heavy atom. The normalized spacial score (nSPS) is 16.6. The molecule has 1 aliphatic carbocycles. The van der Waals surface area contributed by atoms with E-state index in [1.54, 1.807) is 12.1 Å². The number of nitrogens with two attached hydrogens (primary N) is 1. The predicted molar refractivity (Wildman–Crippen MR) is 82.9 cm³/mol. The maximum absolute atomic E-state index is 12.4. The smallest absolute Gasteiger partial charge is 0.237 e. The van der Waals surface area contributed by atoms with Gasteiger partial charge in [0.05, 0.1) is 26.1 Å². The number of amides is 1. The summed E-state index contributed by atoms with van der Waals surface area (Å²) in [7, 11) is 0. The molecule has 6 heteroatoms. The van der Waals surface area contributed by atoms with Gasteiger partial charge in [0.2, 0.25) is 5.91 Å². The molecule has 0 heterocycles. The highest BCUT2D eigenvalue weighted by atomic mass is 35.5. The van der Waals surface area contributed by atoms with E-state index in [0.717, 1.165) is 12.0 Å². The average Bonchev–Trinajstić information content (AvgIpc) is 2.27. The van der Waals surface area contributed by atoms with Crippen LogP contribution >= 0.6 is 35.4 Å². The van der Waals surface area contributed by atoms with Crippen LogP contribution in [-0.4, -0.2) is 10.9 Å². The number of anilines is 1. The number of hydrogen-bond acceptors (Lipinski definition) is 2. The van der Waals surface area contributed by atoms with Crippen molar-refractivity contribution in [2.75, 3.05) is 5.32 Å². The molecule has 3 N–H and O–H groups in total. The Hall–Kier alpha value is -0.840. The molecule has 1 saturated carbocycles. The molecule has 19 heavy (non-hydrogen) atoms. The fraction of sp³-hybridized carbons (Fsp3) is 0.385. The first kappa shape index (κ1) is 14.6. The quantitative estimate of drug-likeness (QED) is 0.836. The zero-order valence-electron chi connectivity index (χ0n) is 10.4. The minimum absolute atomic E-state index is 0.222. The molecule has 0 spiro atoms. The van der Waals surface area contributed by atoms with Crippen molar-refractivity contribution in [2.24, 2.45) is 11.1 Å². The summed E-state index contributed by atoms with van der Waals surface area (Å²) >= 11 is 17.3. The molecule has 0 atom stereocenters. The largest absolute Gasteiger partial charge is 0.392 e. The van der Waals surface area contributed by atoms with Crippen LogP contribution in [0.2, 0.25) is 10.0 Å². The van der Waals surface area contributed by atoms with Crippen LogP contribution in [0, 0.1) is 12.3 Å². The predicted octanol–water partition coefficient (Wildman–Crippen LogP) is 3.70. The van der Waals surface area contributed by atoms with Crippen LogP contribution in [0.4, 0.5) is 5.69 Å². The molecule has 0 aliphatic heterocycles. The number of hydrogen-bond donors (Lipinski definition) is 2. The van der Waals surface area contributed by atoms with Crippen LogP contribution < -0.4 is 11.1 Å². The molecule has 1 aromatic rings. The number of carbonyl (C=O) groups excluding carboxylic acids is 1. The van der Waals surface area contributed by atoms with Gasteiger partial charge in [-0.1, -0.05) is 47.9 Å². The van der Waals surface area contributed by atoms with Crippen molar-refractivity contribution in [2.45, 2.75) is 26.2 Å². The van der Waals surface area contributed by atoms with E-state index in [2.05, 4.69) is 5.32 Å². The molecule has 3 nitrogen and oxygen atoms in total. The van der Waals surface area contributed by atoms with Gasteiger partial charge in [-0.25, -0.2) is 0 Å². The third-order valence-electron chi connectivity index (χ3n) is 3.64. The van der Waals surface area contributed by atoms with Crippen molar-refractivity contribution in [3.63, 3.8) is 0 Å². The zero-order chi connectivity index (χ0) is 14.2. The lowest BCUT2D eigenvalue weighted by Gasteiger charge is -2.39. The Bertz CT molecular complexity index is 556. The van der Waals surface area contributed by atoms with Crippen molar-refractivity contribution in [1.82, 2.24) is 0 Å². The molecule has 1 fully saturated rings. The lowest BCUT2D eigenvalue weighted by atomic mass is 9.68. The van der Waals surface area contributed by atoms with E-state index in [1.807, 2.05) is 6.92 Å². The molecular weight excluding hydrogens is 303 g/mol. The van der Waals surface area contributed by atoms with Gasteiger partial charge in [-0.3, -0.25) is 4.79 Å². The number of thiocarbonyl (C=S) groups is 1. The number of aryl methyl sites for hydroxylation is 1. The second kappa shape index (κ2) is 5.27.